The van der Waals surface area contributed by atoms with Gasteiger partial charge in [-0.1, -0.05) is 26.7 Å². The maximum Gasteiger partial charge on any atom is 0.241 e. The maximum atomic E-state index is 5.45. The smallest absolute Gasteiger partial charge is 0.241 e. The molecule has 0 aromatic carbocycles. The van der Waals surface area contributed by atoms with E-state index >= 15 is 0 Å². The van der Waals surface area contributed by atoms with Gasteiger partial charge in [-0.15, -0.1) is 0 Å². The molecular weight excluding hydrogens is 254 g/mol. The van der Waals surface area contributed by atoms with Crippen molar-refractivity contribution in [2.75, 3.05) is 23.4 Å². The summed E-state index contributed by atoms with van der Waals surface area (Å²) in [7, 11) is 0. The van der Waals surface area contributed by atoms with Crippen molar-refractivity contribution in [3.8, 4) is 0 Å². The molecule has 2 rings (SSSR count). The SMILES string of the molecule is CCC(CC)CN(CC)c1nc(NN)nc2[nH]ncc12. The standard InChI is InChI=1S/C13H23N7/c1-4-9(5-2)8-20(6-3)12-10-7-15-19-11(10)16-13(17-12)18-14/h7,9H,4-6,8,14H2,1-3H3,(H2,15,16,17,18,19). The molecule has 0 aliphatic rings. The van der Waals surface area contributed by atoms with Gasteiger partial charge in [0, 0.05) is 13.1 Å². The highest BCUT2D eigenvalue weighted by Crippen LogP contribution is 2.25. The van der Waals surface area contributed by atoms with Gasteiger partial charge in [0.2, 0.25) is 5.95 Å². The van der Waals surface area contributed by atoms with Crippen molar-refractivity contribution in [3.05, 3.63) is 6.20 Å². The zero-order valence-corrected chi connectivity index (χ0v) is 12.3. The molecule has 0 saturated carbocycles. The highest BCUT2D eigenvalue weighted by Gasteiger charge is 2.17. The first-order valence-electron chi connectivity index (χ1n) is 7.16. The largest absolute Gasteiger partial charge is 0.356 e. The number of hydrogen-bond acceptors (Lipinski definition) is 6. The van der Waals surface area contributed by atoms with E-state index in [-0.39, 0.29) is 0 Å². The van der Waals surface area contributed by atoms with Crippen LogP contribution >= 0.6 is 0 Å². The topological polar surface area (TPSA) is 95.8 Å². The second kappa shape index (κ2) is 6.51. The highest BCUT2D eigenvalue weighted by molar-refractivity contribution is 5.87. The van der Waals surface area contributed by atoms with Gasteiger partial charge >= 0.3 is 0 Å². The van der Waals surface area contributed by atoms with Crippen LogP contribution < -0.4 is 16.2 Å². The lowest BCUT2D eigenvalue weighted by atomic mass is 10.0. The third-order valence-electron chi connectivity index (χ3n) is 3.73. The zero-order chi connectivity index (χ0) is 14.5. The van der Waals surface area contributed by atoms with Gasteiger partial charge in [-0.3, -0.25) is 10.5 Å². The van der Waals surface area contributed by atoms with E-state index in [9.17, 15) is 0 Å². The van der Waals surface area contributed by atoms with Gasteiger partial charge in [-0.25, -0.2) is 5.84 Å². The van der Waals surface area contributed by atoms with Crippen LogP contribution in [0.1, 0.15) is 33.6 Å². The Balaban J connectivity index is 2.39. The Morgan fingerprint density at radius 1 is 1.30 bits per heavy atom. The predicted octanol–water partition coefficient (Wildman–Crippen LogP) is 1.90. The van der Waals surface area contributed by atoms with Crippen LogP contribution in [-0.4, -0.2) is 33.3 Å². The number of nitrogens with two attached hydrogens (primary N) is 1. The number of aromatic nitrogens is 4. The molecule has 0 atom stereocenters. The molecule has 0 spiro atoms. The number of aromatic amines is 1. The van der Waals surface area contributed by atoms with Gasteiger partial charge in [0.15, 0.2) is 5.65 Å². The molecule has 0 radical (unpaired) electrons. The number of nitrogens with one attached hydrogen (secondary N) is 2. The third kappa shape index (κ3) is 2.82. The molecule has 0 unspecified atom stereocenters. The molecule has 0 aliphatic carbocycles. The fourth-order valence-electron chi connectivity index (χ4n) is 2.35. The second-order valence-electron chi connectivity index (χ2n) is 4.87. The first kappa shape index (κ1) is 14.5. The number of anilines is 2. The molecule has 110 valence electrons. The highest BCUT2D eigenvalue weighted by atomic mass is 15.3. The van der Waals surface area contributed by atoms with E-state index in [0.29, 0.717) is 17.5 Å². The summed E-state index contributed by atoms with van der Waals surface area (Å²) in [4.78, 5) is 11.0. The average molecular weight is 277 g/mol. The summed E-state index contributed by atoms with van der Waals surface area (Å²) in [6.45, 7) is 8.44. The van der Waals surface area contributed by atoms with E-state index in [0.717, 1.165) is 37.1 Å². The molecule has 2 heterocycles. The maximum absolute atomic E-state index is 5.45. The van der Waals surface area contributed by atoms with E-state index in [2.05, 4.69) is 51.3 Å². The molecule has 2 aromatic rings. The fourth-order valence-corrected chi connectivity index (χ4v) is 2.35. The Hall–Kier alpha value is -1.89. The third-order valence-corrected chi connectivity index (χ3v) is 3.73. The van der Waals surface area contributed by atoms with Crippen molar-refractivity contribution < 1.29 is 0 Å². The monoisotopic (exact) mass is 277 g/mol. The molecule has 20 heavy (non-hydrogen) atoms. The fraction of sp³-hybridized carbons (Fsp3) is 0.615. The van der Waals surface area contributed by atoms with Crippen LogP contribution in [0.5, 0.6) is 0 Å². The molecule has 4 N–H and O–H groups in total. The summed E-state index contributed by atoms with van der Waals surface area (Å²) < 4.78 is 0. The first-order chi connectivity index (χ1) is 9.73. The van der Waals surface area contributed by atoms with Crippen molar-refractivity contribution in [3.63, 3.8) is 0 Å². The number of hydrazine groups is 1. The molecular formula is C13H23N7. The lowest BCUT2D eigenvalue weighted by Crippen LogP contribution is -2.30. The quantitative estimate of drug-likeness (QED) is 0.528. The Bertz CT molecular complexity index is 547. The van der Waals surface area contributed by atoms with E-state index < -0.39 is 0 Å². The summed E-state index contributed by atoms with van der Waals surface area (Å²) >= 11 is 0. The summed E-state index contributed by atoms with van der Waals surface area (Å²) in [6, 6.07) is 0. The normalized spacial score (nSPS) is 11.2. The summed E-state index contributed by atoms with van der Waals surface area (Å²) in [5.74, 6) is 7.38. The van der Waals surface area contributed by atoms with Gasteiger partial charge in [-0.2, -0.15) is 15.1 Å². The van der Waals surface area contributed by atoms with Gasteiger partial charge < -0.3 is 4.90 Å². The minimum atomic E-state index is 0.403. The van der Waals surface area contributed by atoms with Gasteiger partial charge in [-0.05, 0) is 12.8 Å². The Kier molecular flexibility index (Phi) is 4.73. The predicted molar refractivity (Wildman–Crippen MR) is 81.5 cm³/mol. The van der Waals surface area contributed by atoms with Crippen LogP contribution in [0.3, 0.4) is 0 Å². The van der Waals surface area contributed by atoms with E-state index in [1.54, 1.807) is 6.20 Å². The molecule has 0 aliphatic heterocycles. The molecule has 0 saturated heterocycles. The summed E-state index contributed by atoms with van der Waals surface area (Å²) in [6.07, 6.45) is 4.09. The second-order valence-corrected chi connectivity index (χ2v) is 4.87. The Labute approximate surface area is 118 Å². The number of rotatable bonds is 7. The van der Waals surface area contributed by atoms with E-state index in [4.69, 9.17) is 5.84 Å². The van der Waals surface area contributed by atoms with Gasteiger partial charge in [0.05, 0.1) is 11.6 Å². The molecule has 7 heteroatoms. The summed E-state index contributed by atoms with van der Waals surface area (Å²) in [5.41, 5.74) is 3.21. The van der Waals surface area contributed by atoms with Crippen LogP contribution in [0.4, 0.5) is 11.8 Å². The molecule has 0 bridgehead atoms. The molecule has 2 aromatic heterocycles. The zero-order valence-electron chi connectivity index (χ0n) is 12.3. The van der Waals surface area contributed by atoms with Crippen LogP contribution in [-0.2, 0) is 0 Å². The number of hydrogen-bond donors (Lipinski definition) is 3. The van der Waals surface area contributed by atoms with E-state index in [1.165, 1.54) is 0 Å². The van der Waals surface area contributed by atoms with Crippen molar-refractivity contribution in [1.29, 1.82) is 0 Å². The van der Waals surface area contributed by atoms with Gasteiger partial charge in [0.25, 0.3) is 0 Å². The number of H-pyrrole nitrogens is 1. The van der Waals surface area contributed by atoms with Crippen LogP contribution in [0.25, 0.3) is 11.0 Å². The van der Waals surface area contributed by atoms with Crippen LogP contribution in [0.15, 0.2) is 6.20 Å². The molecule has 0 fully saturated rings. The average Bonchev–Trinajstić information content (AvgIpc) is 2.96. The number of nitrogen functional groups attached to an aromatic ring is 1. The Morgan fingerprint density at radius 3 is 2.65 bits per heavy atom. The minimum absolute atomic E-state index is 0.403. The van der Waals surface area contributed by atoms with Crippen molar-refractivity contribution in [1.82, 2.24) is 20.2 Å². The van der Waals surface area contributed by atoms with Crippen molar-refractivity contribution in [2.45, 2.75) is 33.6 Å². The Morgan fingerprint density at radius 2 is 2.05 bits per heavy atom. The number of fused-ring (bicyclic) bond motifs is 1. The van der Waals surface area contributed by atoms with Crippen LogP contribution in [0, 0.1) is 5.92 Å². The lowest BCUT2D eigenvalue weighted by Gasteiger charge is -2.27. The lowest BCUT2D eigenvalue weighted by molar-refractivity contribution is 0.485. The van der Waals surface area contributed by atoms with Crippen molar-refractivity contribution in [2.24, 2.45) is 11.8 Å². The molecule has 7 nitrogen and oxygen atoms in total. The summed E-state index contributed by atoms with van der Waals surface area (Å²) in [5, 5.41) is 7.85. The minimum Gasteiger partial charge on any atom is -0.356 e. The van der Waals surface area contributed by atoms with Crippen molar-refractivity contribution >= 4 is 22.8 Å². The van der Waals surface area contributed by atoms with Gasteiger partial charge in [0.1, 0.15) is 5.82 Å². The molecule has 0 amide bonds. The first-order valence-corrected chi connectivity index (χ1v) is 7.16. The number of nitrogens with zero attached hydrogens (tertiary/aromatic N) is 4. The van der Waals surface area contributed by atoms with Crippen LogP contribution in [0.2, 0.25) is 0 Å². The van der Waals surface area contributed by atoms with E-state index in [1.807, 2.05) is 0 Å².